The summed E-state index contributed by atoms with van der Waals surface area (Å²) in [6, 6.07) is -0.569. The number of amides is 5. The monoisotopic (exact) mass is 531 g/mol. The van der Waals surface area contributed by atoms with Crippen molar-refractivity contribution in [1.82, 2.24) is 21.3 Å². The number of nitrogens with one attached hydrogen (secondary N) is 4. The van der Waals surface area contributed by atoms with Crippen molar-refractivity contribution in [2.24, 2.45) is 11.7 Å². The van der Waals surface area contributed by atoms with Crippen LogP contribution in [-0.4, -0.2) is 63.1 Å². The van der Waals surface area contributed by atoms with Crippen LogP contribution in [0.25, 0.3) is 0 Å². The standard InChI is InChI=1S/C19H37N5O5.C3H8.C3H6.C2H6/c1-15(2)8-12-29-13-11-22-16(25)6-5-7-17(26)24-14-18(27)21-9-3-4-10-23-19(20)28;2*1-3-2;1-2/h15H,3-14H2,1-2H3,(H,21,27)(H,22,25)(H,24,26)(H3,20,23,28);3H2,1-2H3;3H,1H2,2H3;1-2H3. The summed E-state index contributed by atoms with van der Waals surface area (Å²) in [5.41, 5.74) is 4.93. The fourth-order valence-corrected chi connectivity index (χ4v) is 2.20. The molecular weight excluding hydrogens is 474 g/mol. The van der Waals surface area contributed by atoms with Crippen molar-refractivity contribution >= 4 is 23.8 Å². The van der Waals surface area contributed by atoms with E-state index in [1.165, 1.54) is 6.42 Å². The van der Waals surface area contributed by atoms with Crippen molar-refractivity contribution < 1.29 is 23.9 Å². The highest BCUT2D eigenvalue weighted by atomic mass is 16.5. The van der Waals surface area contributed by atoms with Gasteiger partial charge in [0.05, 0.1) is 13.2 Å². The Morgan fingerprint density at radius 2 is 1.27 bits per heavy atom. The lowest BCUT2D eigenvalue weighted by Gasteiger charge is -2.08. The van der Waals surface area contributed by atoms with E-state index in [1.807, 2.05) is 20.8 Å². The number of rotatable bonds is 17. The van der Waals surface area contributed by atoms with E-state index in [9.17, 15) is 19.2 Å². The Kier molecular flexibility index (Phi) is 39.9. The van der Waals surface area contributed by atoms with E-state index in [1.54, 1.807) is 6.08 Å². The smallest absolute Gasteiger partial charge is 0.312 e. The number of ether oxygens (including phenoxy) is 1. The van der Waals surface area contributed by atoms with Crippen LogP contribution in [0, 0.1) is 5.92 Å². The Morgan fingerprint density at radius 3 is 1.76 bits per heavy atom. The Bertz CT molecular complexity index is 557. The van der Waals surface area contributed by atoms with E-state index in [0.29, 0.717) is 58.0 Å². The van der Waals surface area contributed by atoms with Crippen molar-refractivity contribution in [3.63, 3.8) is 0 Å². The predicted molar refractivity (Wildman–Crippen MR) is 153 cm³/mol. The van der Waals surface area contributed by atoms with Crippen molar-refractivity contribution in [3.8, 4) is 0 Å². The fraction of sp³-hybridized carbons (Fsp3) is 0.778. The van der Waals surface area contributed by atoms with Crippen molar-refractivity contribution in [2.45, 2.75) is 93.4 Å². The molecule has 0 saturated carbocycles. The third kappa shape index (κ3) is 47.2. The molecule has 10 heteroatoms. The molecule has 0 aromatic heterocycles. The minimum Gasteiger partial charge on any atom is -0.380 e. The van der Waals surface area contributed by atoms with Crippen LogP contribution in [0.5, 0.6) is 0 Å². The molecule has 6 N–H and O–H groups in total. The molecule has 37 heavy (non-hydrogen) atoms. The summed E-state index contributed by atoms with van der Waals surface area (Å²) in [6.07, 6.45) is 6.24. The number of primary amides is 1. The predicted octanol–water partition coefficient (Wildman–Crippen LogP) is 3.65. The molecule has 0 rings (SSSR count). The molecule has 0 atom stereocenters. The van der Waals surface area contributed by atoms with Crippen molar-refractivity contribution in [2.75, 3.05) is 39.4 Å². The van der Waals surface area contributed by atoms with E-state index in [-0.39, 0.29) is 37.1 Å². The second-order valence-electron chi connectivity index (χ2n) is 8.24. The third-order valence-electron chi connectivity index (χ3n) is 3.89. The largest absolute Gasteiger partial charge is 0.380 e. The highest BCUT2D eigenvalue weighted by Crippen LogP contribution is 1.98. The van der Waals surface area contributed by atoms with Crippen LogP contribution in [0.15, 0.2) is 12.7 Å². The molecule has 220 valence electrons. The number of unbranched alkanes of at least 4 members (excludes halogenated alkanes) is 1. The summed E-state index contributed by atoms with van der Waals surface area (Å²) in [5.74, 6) is -0.0697. The Hall–Kier alpha value is -2.62. The number of allylic oxidation sites excluding steroid dienone is 1. The second kappa shape index (κ2) is 35.5. The number of hydrogen-bond acceptors (Lipinski definition) is 5. The molecule has 0 bridgehead atoms. The molecule has 0 unspecified atom stereocenters. The zero-order valence-corrected chi connectivity index (χ0v) is 24.7. The van der Waals surface area contributed by atoms with Gasteiger partial charge in [-0.1, -0.05) is 54.0 Å². The van der Waals surface area contributed by atoms with Gasteiger partial charge in [0, 0.05) is 39.1 Å². The van der Waals surface area contributed by atoms with E-state index in [2.05, 4.69) is 55.5 Å². The van der Waals surface area contributed by atoms with Gasteiger partial charge in [-0.3, -0.25) is 14.4 Å². The first-order chi connectivity index (χ1) is 17.6. The lowest BCUT2D eigenvalue weighted by atomic mass is 10.1. The number of carbonyl (C=O) groups excluding carboxylic acids is 4. The van der Waals surface area contributed by atoms with Gasteiger partial charge in [-0.15, -0.1) is 6.58 Å². The van der Waals surface area contributed by atoms with Crippen molar-refractivity contribution in [1.29, 1.82) is 0 Å². The van der Waals surface area contributed by atoms with Crippen molar-refractivity contribution in [3.05, 3.63) is 12.7 Å². The highest BCUT2D eigenvalue weighted by Gasteiger charge is 2.07. The summed E-state index contributed by atoms with van der Waals surface area (Å²) >= 11 is 0. The van der Waals surface area contributed by atoms with E-state index >= 15 is 0 Å². The molecule has 5 amide bonds. The Balaban J connectivity index is -0.000000602. The third-order valence-corrected chi connectivity index (χ3v) is 3.89. The Labute approximate surface area is 226 Å². The van der Waals surface area contributed by atoms with Gasteiger partial charge in [0.25, 0.3) is 0 Å². The molecular formula is C27H57N5O5. The molecule has 0 aliphatic carbocycles. The lowest BCUT2D eigenvalue weighted by Crippen LogP contribution is -2.37. The molecule has 0 spiro atoms. The van der Waals surface area contributed by atoms with E-state index in [4.69, 9.17) is 10.5 Å². The van der Waals surface area contributed by atoms with Gasteiger partial charge in [0.1, 0.15) is 0 Å². The summed E-state index contributed by atoms with van der Waals surface area (Å²) < 4.78 is 5.41. The minimum atomic E-state index is -0.569. The quantitative estimate of drug-likeness (QED) is 0.143. The second-order valence-corrected chi connectivity index (χ2v) is 8.24. The lowest BCUT2D eigenvalue weighted by molar-refractivity contribution is -0.126. The van der Waals surface area contributed by atoms with Gasteiger partial charge in [-0.05, 0) is 38.5 Å². The number of nitrogens with two attached hydrogens (primary N) is 1. The number of carbonyl (C=O) groups is 4. The van der Waals surface area contributed by atoms with E-state index < -0.39 is 6.03 Å². The molecule has 0 aromatic rings. The van der Waals surface area contributed by atoms with Crippen LogP contribution >= 0.6 is 0 Å². The van der Waals surface area contributed by atoms with Crippen LogP contribution in [0.2, 0.25) is 0 Å². The molecule has 0 heterocycles. The minimum absolute atomic E-state index is 0.0989. The average molecular weight is 532 g/mol. The maximum atomic E-state index is 11.7. The zero-order chi connectivity index (χ0) is 29.3. The van der Waals surface area contributed by atoms with E-state index in [0.717, 1.165) is 6.42 Å². The van der Waals surface area contributed by atoms with Gasteiger partial charge < -0.3 is 31.7 Å². The van der Waals surface area contributed by atoms with Crippen LogP contribution in [-0.2, 0) is 19.1 Å². The SMILES string of the molecule is C=CC.CC.CC(C)CCOCCNC(=O)CCCC(=O)NCC(=O)NCCCCNC(N)=O.CCC. The fourth-order valence-electron chi connectivity index (χ4n) is 2.20. The van der Waals surface area contributed by atoms with Gasteiger partial charge in [-0.2, -0.15) is 0 Å². The maximum Gasteiger partial charge on any atom is 0.312 e. The zero-order valence-electron chi connectivity index (χ0n) is 24.7. The number of hydrogen-bond donors (Lipinski definition) is 5. The van der Waals surface area contributed by atoms with Gasteiger partial charge in [0.15, 0.2) is 0 Å². The molecule has 0 fully saturated rings. The molecule has 0 radical (unpaired) electrons. The van der Waals surface area contributed by atoms with Gasteiger partial charge in [-0.25, -0.2) is 4.79 Å². The molecule has 0 saturated heterocycles. The summed E-state index contributed by atoms with van der Waals surface area (Å²) in [5, 5.41) is 10.4. The first-order valence-corrected chi connectivity index (χ1v) is 13.6. The normalized spacial score (nSPS) is 9.19. The summed E-state index contributed by atoms with van der Waals surface area (Å²) in [7, 11) is 0. The maximum absolute atomic E-state index is 11.7. The van der Waals surface area contributed by atoms with Crippen LogP contribution in [0.4, 0.5) is 4.79 Å². The Morgan fingerprint density at radius 1 is 0.811 bits per heavy atom. The first kappa shape index (κ1) is 41.5. The molecule has 10 nitrogen and oxygen atoms in total. The molecule has 0 aromatic carbocycles. The topological polar surface area (TPSA) is 152 Å². The van der Waals surface area contributed by atoms with Crippen LogP contribution < -0.4 is 27.0 Å². The first-order valence-electron chi connectivity index (χ1n) is 13.6. The van der Waals surface area contributed by atoms with Gasteiger partial charge >= 0.3 is 6.03 Å². The summed E-state index contributed by atoms with van der Waals surface area (Å²) in [6.45, 7) is 20.2. The van der Waals surface area contributed by atoms with Crippen LogP contribution in [0.3, 0.4) is 0 Å². The highest BCUT2D eigenvalue weighted by molar-refractivity contribution is 5.85. The average Bonchev–Trinajstić information content (AvgIpc) is 2.84. The van der Waals surface area contributed by atoms with Gasteiger partial charge in [0.2, 0.25) is 17.7 Å². The number of urea groups is 1. The molecule has 0 aliphatic heterocycles. The molecule has 0 aliphatic rings. The summed E-state index contributed by atoms with van der Waals surface area (Å²) in [4.78, 5) is 45.5. The van der Waals surface area contributed by atoms with Crippen LogP contribution in [0.1, 0.15) is 93.4 Å².